The van der Waals surface area contributed by atoms with Gasteiger partial charge in [0.15, 0.2) is 0 Å². The molecule has 176 valence electrons. The molecule has 0 fully saturated rings. The van der Waals surface area contributed by atoms with Crippen molar-refractivity contribution >= 4 is 32.3 Å². The van der Waals surface area contributed by atoms with Crippen molar-refractivity contribution < 1.29 is 0 Å². The van der Waals surface area contributed by atoms with E-state index in [1.807, 2.05) is 6.20 Å². The van der Waals surface area contributed by atoms with Crippen LogP contribution >= 0.6 is 0 Å². The van der Waals surface area contributed by atoms with Crippen LogP contribution < -0.4 is 0 Å². The molecule has 0 N–H and O–H groups in total. The Labute approximate surface area is 213 Å². The second-order valence-corrected chi connectivity index (χ2v) is 11.1. The second kappa shape index (κ2) is 8.31. The van der Waals surface area contributed by atoms with Gasteiger partial charge < -0.3 is 0 Å². The van der Waals surface area contributed by atoms with Crippen LogP contribution in [0.4, 0.5) is 0 Å². The predicted molar refractivity (Wildman–Crippen MR) is 156 cm³/mol. The first-order valence-electron chi connectivity index (χ1n) is 12.7. The molecular weight excluding hydrogens is 434 g/mol. The van der Waals surface area contributed by atoms with Crippen LogP contribution in [-0.4, -0.2) is 4.98 Å². The van der Waals surface area contributed by atoms with Crippen LogP contribution in [0.1, 0.15) is 37.5 Å². The van der Waals surface area contributed by atoms with E-state index in [2.05, 4.69) is 126 Å². The van der Waals surface area contributed by atoms with E-state index in [1.165, 1.54) is 60.1 Å². The Kier molecular flexibility index (Phi) is 5.19. The van der Waals surface area contributed by atoms with Crippen LogP contribution in [0.2, 0.25) is 0 Å². The lowest BCUT2D eigenvalue weighted by molar-refractivity contribution is 0.590. The SMILES string of the molecule is Cc1cc(-c2cc(C)cc(C(C)(C)C)c2)cc(-c2nccc3c2ccc2c4ccccc4ccc32)c1. The van der Waals surface area contributed by atoms with Gasteiger partial charge in [-0.05, 0) is 86.6 Å². The zero-order valence-electron chi connectivity index (χ0n) is 21.7. The zero-order valence-corrected chi connectivity index (χ0v) is 21.7. The van der Waals surface area contributed by atoms with Gasteiger partial charge in [0.2, 0.25) is 0 Å². The second-order valence-electron chi connectivity index (χ2n) is 11.1. The van der Waals surface area contributed by atoms with Gasteiger partial charge in [-0.3, -0.25) is 4.98 Å². The number of aryl methyl sites for hydroxylation is 2. The largest absolute Gasteiger partial charge is 0.256 e. The first-order valence-corrected chi connectivity index (χ1v) is 12.7. The molecule has 0 amide bonds. The number of fused-ring (bicyclic) bond motifs is 5. The van der Waals surface area contributed by atoms with E-state index in [-0.39, 0.29) is 5.41 Å². The lowest BCUT2D eigenvalue weighted by atomic mass is 9.84. The number of rotatable bonds is 2. The fourth-order valence-corrected chi connectivity index (χ4v) is 5.45. The maximum Gasteiger partial charge on any atom is 0.0780 e. The van der Waals surface area contributed by atoms with Crippen molar-refractivity contribution in [3.05, 3.63) is 114 Å². The van der Waals surface area contributed by atoms with Gasteiger partial charge in [-0.1, -0.05) is 99.1 Å². The lowest BCUT2D eigenvalue weighted by Gasteiger charge is -2.21. The van der Waals surface area contributed by atoms with E-state index in [4.69, 9.17) is 4.98 Å². The maximum absolute atomic E-state index is 4.90. The summed E-state index contributed by atoms with van der Waals surface area (Å²) in [5, 5.41) is 7.57. The van der Waals surface area contributed by atoms with Crippen LogP contribution in [0.3, 0.4) is 0 Å². The van der Waals surface area contributed by atoms with E-state index in [9.17, 15) is 0 Å². The third-order valence-electron chi connectivity index (χ3n) is 7.30. The van der Waals surface area contributed by atoms with Crippen LogP contribution in [0, 0.1) is 13.8 Å². The fraction of sp³-hybridized carbons (Fsp3) is 0.171. The Morgan fingerprint density at radius 2 is 1.14 bits per heavy atom. The summed E-state index contributed by atoms with van der Waals surface area (Å²) >= 11 is 0. The van der Waals surface area contributed by atoms with E-state index in [0.717, 1.165) is 11.3 Å². The van der Waals surface area contributed by atoms with Crippen LogP contribution in [0.25, 0.3) is 54.7 Å². The molecule has 0 atom stereocenters. The van der Waals surface area contributed by atoms with Crippen LogP contribution in [0.5, 0.6) is 0 Å². The number of aromatic nitrogens is 1. The van der Waals surface area contributed by atoms with Crippen molar-refractivity contribution in [1.82, 2.24) is 4.98 Å². The number of hydrogen-bond acceptors (Lipinski definition) is 1. The molecule has 0 aliphatic carbocycles. The molecule has 0 saturated heterocycles. The van der Waals surface area contributed by atoms with Gasteiger partial charge in [-0.15, -0.1) is 0 Å². The summed E-state index contributed by atoms with van der Waals surface area (Å²) < 4.78 is 0. The van der Waals surface area contributed by atoms with Gasteiger partial charge in [-0.25, -0.2) is 0 Å². The quantitative estimate of drug-likeness (QED) is 0.232. The van der Waals surface area contributed by atoms with Gasteiger partial charge in [-0.2, -0.15) is 0 Å². The van der Waals surface area contributed by atoms with Gasteiger partial charge in [0.1, 0.15) is 0 Å². The highest BCUT2D eigenvalue weighted by atomic mass is 14.7. The highest BCUT2D eigenvalue weighted by Crippen LogP contribution is 2.37. The molecule has 0 saturated carbocycles. The van der Waals surface area contributed by atoms with Crippen molar-refractivity contribution in [1.29, 1.82) is 0 Å². The maximum atomic E-state index is 4.90. The smallest absolute Gasteiger partial charge is 0.0780 e. The summed E-state index contributed by atoms with van der Waals surface area (Å²) in [6.45, 7) is 11.2. The Bertz CT molecular complexity index is 1780. The summed E-state index contributed by atoms with van der Waals surface area (Å²) in [6.07, 6.45) is 1.96. The predicted octanol–water partition coefficient (Wildman–Crippen LogP) is 9.79. The topological polar surface area (TPSA) is 12.9 Å². The van der Waals surface area contributed by atoms with E-state index < -0.39 is 0 Å². The summed E-state index contributed by atoms with van der Waals surface area (Å²) in [4.78, 5) is 4.90. The minimum atomic E-state index is 0.107. The van der Waals surface area contributed by atoms with Crippen LogP contribution in [-0.2, 0) is 5.41 Å². The van der Waals surface area contributed by atoms with Gasteiger partial charge in [0.05, 0.1) is 5.69 Å². The Morgan fingerprint density at radius 1 is 0.528 bits per heavy atom. The van der Waals surface area contributed by atoms with Crippen molar-refractivity contribution in [3.8, 4) is 22.4 Å². The molecule has 0 unspecified atom stereocenters. The lowest BCUT2D eigenvalue weighted by Crippen LogP contribution is -2.11. The van der Waals surface area contributed by atoms with Crippen molar-refractivity contribution in [2.24, 2.45) is 0 Å². The first-order chi connectivity index (χ1) is 17.3. The standard InChI is InChI=1S/C35H31N/c1-22-16-25(26-17-23(2)19-28(21-26)35(3,4)5)20-27(18-22)34-33-13-12-30-29-9-7-6-8-24(29)10-11-31(30)32(33)14-15-36-34/h6-21H,1-5H3. The molecular formula is C35H31N. The number of hydrogen-bond donors (Lipinski definition) is 0. The molecule has 0 aliphatic rings. The van der Waals surface area contributed by atoms with Gasteiger partial charge in [0, 0.05) is 17.1 Å². The van der Waals surface area contributed by atoms with E-state index in [0.29, 0.717) is 0 Å². The molecule has 0 radical (unpaired) electrons. The van der Waals surface area contributed by atoms with E-state index in [1.54, 1.807) is 0 Å². The van der Waals surface area contributed by atoms with Gasteiger partial charge in [0.25, 0.3) is 0 Å². The Balaban J connectivity index is 1.56. The van der Waals surface area contributed by atoms with Crippen molar-refractivity contribution in [3.63, 3.8) is 0 Å². The molecule has 6 rings (SSSR count). The average Bonchev–Trinajstić information content (AvgIpc) is 2.86. The zero-order chi connectivity index (χ0) is 25.0. The summed E-state index contributed by atoms with van der Waals surface area (Å²) in [7, 11) is 0. The monoisotopic (exact) mass is 465 g/mol. The average molecular weight is 466 g/mol. The van der Waals surface area contributed by atoms with E-state index >= 15 is 0 Å². The van der Waals surface area contributed by atoms with Gasteiger partial charge >= 0.3 is 0 Å². The molecule has 1 aromatic heterocycles. The first kappa shape index (κ1) is 22.5. The molecule has 1 nitrogen and oxygen atoms in total. The third kappa shape index (κ3) is 3.85. The highest BCUT2D eigenvalue weighted by molar-refractivity contribution is 6.18. The third-order valence-corrected chi connectivity index (χ3v) is 7.30. The Morgan fingerprint density at radius 3 is 1.94 bits per heavy atom. The molecule has 1 heteroatoms. The summed E-state index contributed by atoms with van der Waals surface area (Å²) in [5.74, 6) is 0. The molecule has 0 spiro atoms. The molecule has 6 aromatic rings. The van der Waals surface area contributed by atoms with Crippen LogP contribution in [0.15, 0.2) is 97.2 Å². The molecule has 0 aliphatic heterocycles. The minimum absolute atomic E-state index is 0.107. The summed E-state index contributed by atoms with van der Waals surface area (Å²) in [5.41, 5.74) is 8.71. The normalized spacial score (nSPS) is 12.0. The Hall–Kier alpha value is -3.97. The van der Waals surface area contributed by atoms with Crippen molar-refractivity contribution in [2.75, 3.05) is 0 Å². The molecule has 0 bridgehead atoms. The van der Waals surface area contributed by atoms with Crippen molar-refractivity contribution in [2.45, 2.75) is 40.0 Å². The summed E-state index contributed by atoms with van der Waals surface area (Å²) in [6, 6.07) is 33.6. The number of pyridine rings is 1. The number of benzene rings is 5. The molecule has 36 heavy (non-hydrogen) atoms. The fourth-order valence-electron chi connectivity index (χ4n) is 5.45. The molecule has 1 heterocycles. The molecule has 5 aromatic carbocycles. The number of nitrogens with zero attached hydrogens (tertiary/aromatic N) is 1. The highest BCUT2D eigenvalue weighted by Gasteiger charge is 2.16. The minimum Gasteiger partial charge on any atom is -0.256 e.